The highest BCUT2D eigenvalue weighted by Gasteiger charge is 1.89. The highest BCUT2D eigenvalue weighted by atomic mass is 14.7. The molecule has 0 aliphatic rings. The van der Waals surface area contributed by atoms with Crippen molar-refractivity contribution in [3.8, 4) is 0 Å². The Labute approximate surface area is 73.5 Å². The summed E-state index contributed by atoms with van der Waals surface area (Å²) in [6, 6.07) is 8.18. The van der Waals surface area contributed by atoms with Gasteiger partial charge in [0.05, 0.1) is 6.54 Å². The van der Waals surface area contributed by atoms with E-state index in [9.17, 15) is 0 Å². The molecular weight excluding hydrogens is 146 g/mol. The minimum Gasteiger partial charge on any atom is -0.288 e. The largest absolute Gasteiger partial charge is 0.288 e. The summed E-state index contributed by atoms with van der Waals surface area (Å²) in [6.07, 6.45) is 3.67. The van der Waals surface area contributed by atoms with Crippen LogP contribution in [0.4, 0.5) is 0 Å². The maximum atomic E-state index is 4.18. The molecule has 0 aliphatic carbocycles. The van der Waals surface area contributed by atoms with Crippen LogP contribution in [0.15, 0.2) is 41.9 Å². The second-order valence-corrected chi connectivity index (χ2v) is 2.64. The van der Waals surface area contributed by atoms with E-state index in [1.54, 1.807) is 6.08 Å². The molecule has 0 N–H and O–H groups in total. The number of benzene rings is 1. The van der Waals surface area contributed by atoms with Crippen LogP contribution >= 0.6 is 0 Å². The quantitative estimate of drug-likeness (QED) is 0.475. The molecule has 0 unspecified atom stereocenters. The minimum atomic E-state index is 0.689. The zero-order chi connectivity index (χ0) is 8.81. The molecule has 1 aromatic carbocycles. The molecule has 1 nitrogen and oxygen atoms in total. The van der Waals surface area contributed by atoms with Crippen molar-refractivity contribution >= 4 is 6.21 Å². The first-order valence-electron chi connectivity index (χ1n) is 4.01. The number of nitrogens with zero attached hydrogens (tertiary/aromatic N) is 1. The van der Waals surface area contributed by atoms with Gasteiger partial charge in [-0.2, -0.15) is 0 Å². The van der Waals surface area contributed by atoms with Gasteiger partial charge < -0.3 is 0 Å². The predicted octanol–water partition coefficient (Wildman–Crippen LogP) is 2.60. The maximum Gasteiger partial charge on any atom is 0.0567 e. The molecule has 0 saturated heterocycles. The Kier molecular flexibility index (Phi) is 3.27. The highest BCUT2D eigenvalue weighted by molar-refractivity contribution is 5.81. The molecule has 12 heavy (non-hydrogen) atoms. The molecule has 0 fully saturated rings. The third-order valence-corrected chi connectivity index (χ3v) is 1.65. The summed E-state index contributed by atoms with van der Waals surface area (Å²) in [5, 5.41) is 0. The van der Waals surface area contributed by atoms with Crippen LogP contribution in [0.25, 0.3) is 0 Å². The van der Waals surface area contributed by atoms with Crippen molar-refractivity contribution in [3.63, 3.8) is 0 Å². The second-order valence-electron chi connectivity index (χ2n) is 2.64. The summed E-state index contributed by atoms with van der Waals surface area (Å²) in [5.74, 6) is 0. The number of rotatable bonds is 3. The van der Waals surface area contributed by atoms with Gasteiger partial charge in [-0.1, -0.05) is 30.3 Å². The van der Waals surface area contributed by atoms with E-state index in [-0.39, 0.29) is 0 Å². The van der Waals surface area contributed by atoms with Gasteiger partial charge in [-0.25, -0.2) is 0 Å². The van der Waals surface area contributed by atoms with Gasteiger partial charge in [0, 0.05) is 6.21 Å². The van der Waals surface area contributed by atoms with E-state index in [0.29, 0.717) is 6.54 Å². The van der Waals surface area contributed by atoms with Gasteiger partial charge in [0.15, 0.2) is 0 Å². The molecule has 0 radical (unpaired) electrons. The molecule has 1 rings (SSSR count). The molecule has 1 heteroatoms. The van der Waals surface area contributed by atoms with Crippen molar-refractivity contribution in [3.05, 3.63) is 48.0 Å². The van der Waals surface area contributed by atoms with Crippen LogP contribution < -0.4 is 0 Å². The molecule has 0 atom stereocenters. The van der Waals surface area contributed by atoms with Crippen LogP contribution in [0.3, 0.4) is 0 Å². The number of aliphatic imine (C=N–C) groups is 1. The van der Waals surface area contributed by atoms with Gasteiger partial charge in [-0.15, -0.1) is 6.58 Å². The van der Waals surface area contributed by atoms with E-state index < -0.39 is 0 Å². The normalized spacial score (nSPS) is 10.4. The third kappa shape index (κ3) is 2.35. The predicted molar refractivity (Wildman–Crippen MR) is 53.8 cm³/mol. The maximum absolute atomic E-state index is 4.18. The Morgan fingerprint density at radius 3 is 2.83 bits per heavy atom. The van der Waals surface area contributed by atoms with Crippen molar-refractivity contribution < 1.29 is 0 Å². The summed E-state index contributed by atoms with van der Waals surface area (Å²) < 4.78 is 0. The van der Waals surface area contributed by atoms with E-state index in [2.05, 4.69) is 30.6 Å². The lowest BCUT2D eigenvalue weighted by molar-refractivity contribution is 1.26. The molecule has 0 aromatic heterocycles. The Balaban J connectivity index is 2.74. The van der Waals surface area contributed by atoms with Crippen molar-refractivity contribution in [1.29, 1.82) is 0 Å². The monoisotopic (exact) mass is 159 g/mol. The Hall–Kier alpha value is -1.37. The van der Waals surface area contributed by atoms with Crippen LogP contribution in [0, 0.1) is 6.92 Å². The zero-order valence-electron chi connectivity index (χ0n) is 7.33. The lowest BCUT2D eigenvalue weighted by Gasteiger charge is -1.96. The topological polar surface area (TPSA) is 12.4 Å². The molecule has 0 aliphatic heterocycles. The standard InChI is InChI=1S/C11H13N/c1-3-8-12-9-11-7-5-4-6-10(11)2/h3-7,9H,1,8H2,2H3/b12-9+. The van der Waals surface area contributed by atoms with E-state index in [4.69, 9.17) is 0 Å². The van der Waals surface area contributed by atoms with Crippen LogP contribution in [0.5, 0.6) is 0 Å². The molecule has 0 spiro atoms. The lowest BCUT2D eigenvalue weighted by atomic mass is 10.1. The van der Waals surface area contributed by atoms with Crippen LogP contribution in [-0.4, -0.2) is 12.8 Å². The fourth-order valence-corrected chi connectivity index (χ4v) is 0.957. The Morgan fingerprint density at radius 1 is 1.42 bits per heavy atom. The molecule has 62 valence electrons. The smallest absolute Gasteiger partial charge is 0.0567 e. The van der Waals surface area contributed by atoms with Crippen molar-refractivity contribution in [2.24, 2.45) is 4.99 Å². The average Bonchev–Trinajstić information content (AvgIpc) is 2.09. The highest BCUT2D eigenvalue weighted by Crippen LogP contribution is 2.03. The number of hydrogen-bond donors (Lipinski definition) is 0. The zero-order valence-corrected chi connectivity index (χ0v) is 7.33. The number of hydrogen-bond acceptors (Lipinski definition) is 1. The lowest BCUT2D eigenvalue weighted by Crippen LogP contribution is -1.86. The first-order chi connectivity index (χ1) is 5.84. The summed E-state index contributed by atoms with van der Waals surface area (Å²) in [4.78, 5) is 4.18. The first kappa shape index (κ1) is 8.72. The molecule has 0 bridgehead atoms. The van der Waals surface area contributed by atoms with E-state index in [0.717, 1.165) is 0 Å². The van der Waals surface area contributed by atoms with Crippen LogP contribution in [-0.2, 0) is 0 Å². The molecule has 0 saturated carbocycles. The summed E-state index contributed by atoms with van der Waals surface area (Å²) >= 11 is 0. The van der Waals surface area contributed by atoms with Crippen molar-refractivity contribution in [2.45, 2.75) is 6.92 Å². The van der Waals surface area contributed by atoms with Crippen molar-refractivity contribution in [1.82, 2.24) is 0 Å². The molecule has 0 amide bonds. The van der Waals surface area contributed by atoms with Gasteiger partial charge in [-0.3, -0.25) is 4.99 Å². The van der Waals surface area contributed by atoms with Gasteiger partial charge in [0.1, 0.15) is 0 Å². The SMILES string of the molecule is C=CC/N=C/c1ccccc1C. The third-order valence-electron chi connectivity index (χ3n) is 1.65. The Bertz CT molecular complexity index is 287. The molecule has 1 aromatic rings. The fourth-order valence-electron chi connectivity index (χ4n) is 0.957. The summed E-state index contributed by atoms with van der Waals surface area (Å²) in [7, 11) is 0. The molecule has 0 heterocycles. The fraction of sp³-hybridized carbons (Fsp3) is 0.182. The van der Waals surface area contributed by atoms with Crippen molar-refractivity contribution in [2.75, 3.05) is 6.54 Å². The van der Waals surface area contributed by atoms with Gasteiger partial charge >= 0.3 is 0 Å². The van der Waals surface area contributed by atoms with Gasteiger partial charge in [-0.05, 0) is 18.1 Å². The first-order valence-corrected chi connectivity index (χ1v) is 4.01. The number of aryl methyl sites for hydroxylation is 1. The van der Waals surface area contributed by atoms with Crippen LogP contribution in [0.1, 0.15) is 11.1 Å². The second kappa shape index (κ2) is 4.50. The average molecular weight is 159 g/mol. The van der Waals surface area contributed by atoms with E-state index >= 15 is 0 Å². The van der Waals surface area contributed by atoms with E-state index in [1.807, 2.05) is 18.3 Å². The summed E-state index contributed by atoms with van der Waals surface area (Å²) in [5.41, 5.74) is 2.43. The minimum absolute atomic E-state index is 0.689. The van der Waals surface area contributed by atoms with E-state index in [1.165, 1.54) is 11.1 Å². The van der Waals surface area contributed by atoms with Gasteiger partial charge in [0.25, 0.3) is 0 Å². The summed E-state index contributed by atoms with van der Waals surface area (Å²) in [6.45, 7) is 6.37. The Morgan fingerprint density at radius 2 is 2.17 bits per heavy atom. The van der Waals surface area contributed by atoms with Gasteiger partial charge in [0.2, 0.25) is 0 Å². The van der Waals surface area contributed by atoms with Crippen LogP contribution in [0.2, 0.25) is 0 Å². The molecular formula is C11H13N.